The first-order valence-electron chi connectivity index (χ1n) is 11.1. The van der Waals surface area contributed by atoms with E-state index in [9.17, 15) is 14.4 Å². The Morgan fingerprint density at radius 3 is 2.73 bits per heavy atom. The molecule has 7 nitrogen and oxygen atoms in total. The van der Waals surface area contributed by atoms with Crippen molar-refractivity contribution in [3.05, 3.63) is 34.4 Å². The highest BCUT2D eigenvalue weighted by Gasteiger charge is 2.29. The summed E-state index contributed by atoms with van der Waals surface area (Å²) in [5.41, 5.74) is 0.976. The van der Waals surface area contributed by atoms with Crippen molar-refractivity contribution < 1.29 is 9.59 Å². The van der Waals surface area contributed by atoms with Crippen LogP contribution in [-0.4, -0.2) is 27.4 Å². The molecule has 2 heterocycles. The van der Waals surface area contributed by atoms with Crippen molar-refractivity contribution >= 4 is 28.4 Å². The van der Waals surface area contributed by atoms with E-state index < -0.39 is 11.8 Å². The summed E-state index contributed by atoms with van der Waals surface area (Å²) in [6.07, 6.45) is 7.02. The quantitative estimate of drug-likeness (QED) is 0.745. The van der Waals surface area contributed by atoms with Crippen LogP contribution >= 0.6 is 0 Å². The summed E-state index contributed by atoms with van der Waals surface area (Å²) in [4.78, 5) is 42.5. The molecule has 1 aromatic heterocycles. The average molecular weight is 411 g/mol. The number of aryl methyl sites for hydroxylation is 1. The molecule has 2 N–H and O–H groups in total. The van der Waals surface area contributed by atoms with Crippen molar-refractivity contribution in [3.8, 4) is 0 Å². The summed E-state index contributed by atoms with van der Waals surface area (Å²) in [5, 5.41) is 5.99. The van der Waals surface area contributed by atoms with Crippen molar-refractivity contribution in [1.82, 2.24) is 14.9 Å². The number of aromatic nitrogens is 2. The molecule has 0 saturated heterocycles. The monoisotopic (exact) mass is 410 g/mol. The molecule has 0 radical (unpaired) electrons. The smallest absolute Gasteiger partial charge is 0.313 e. The van der Waals surface area contributed by atoms with Gasteiger partial charge in [-0.2, -0.15) is 0 Å². The first kappa shape index (κ1) is 20.6. The van der Waals surface area contributed by atoms with E-state index in [2.05, 4.69) is 29.5 Å². The van der Waals surface area contributed by atoms with Crippen molar-refractivity contribution in [1.29, 1.82) is 0 Å². The standard InChI is InChI=1S/C23H30N4O3/c1-14-7-6-8-18(15(14)2)26-22(29)21(28)24-16-10-11-19-17(13-16)23(30)27-12-5-3-4-9-20(27)25-19/h10-11,13-15,18H,3-9,12H2,1-2H3,(H,24,28)(H,26,29)/t14-,15-,18+/m1/s1. The van der Waals surface area contributed by atoms with Crippen LogP contribution in [0.2, 0.25) is 0 Å². The fourth-order valence-electron chi connectivity index (χ4n) is 4.70. The minimum Gasteiger partial charge on any atom is -0.345 e. The Hall–Kier alpha value is -2.70. The summed E-state index contributed by atoms with van der Waals surface area (Å²) in [6, 6.07) is 5.08. The number of rotatable bonds is 2. The van der Waals surface area contributed by atoms with E-state index in [4.69, 9.17) is 0 Å². The maximum atomic E-state index is 13.0. The predicted molar refractivity (Wildman–Crippen MR) is 116 cm³/mol. The van der Waals surface area contributed by atoms with Gasteiger partial charge >= 0.3 is 11.8 Å². The Bertz CT molecular complexity index is 1030. The van der Waals surface area contributed by atoms with Crippen LogP contribution in [0.5, 0.6) is 0 Å². The highest BCUT2D eigenvalue weighted by atomic mass is 16.2. The number of fused-ring (bicyclic) bond motifs is 2. The molecule has 1 aliphatic heterocycles. The SMILES string of the molecule is C[C@@H]1[C@H](C)CCC[C@@H]1NC(=O)C(=O)Nc1ccc2nc3n(c(=O)c2c1)CCCCC3. The van der Waals surface area contributed by atoms with Crippen LogP contribution in [0.1, 0.15) is 58.2 Å². The largest absolute Gasteiger partial charge is 0.345 e. The van der Waals surface area contributed by atoms with Gasteiger partial charge < -0.3 is 10.6 Å². The number of hydrogen-bond donors (Lipinski definition) is 2. The maximum Gasteiger partial charge on any atom is 0.313 e. The molecule has 0 unspecified atom stereocenters. The minimum atomic E-state index is -0.706. The third kappa shape index (κ3) is 4.11. The zero-order chi connectivity index (χ0) is 21.3. The van der Waals surface area contributed by atoms with Crippen LogP contribution in [0.25, 0.3) is 10.9 Å². The summed E-state index contributed by atoms with van der Waals surface area (Å²) in [6.45, 7) is 4.98. The zero-order valence-corrected chi connectivity index (χ0v) is 17.7. The molecule has 3 atom stereocenters. The van der Waals surface area contributed by atoms with Gasteiger partial charge in [-0.05, 0) is 49.3 Å². The Kier molecular flexibility index (Phi) is 5.88. The summed E-state index contributed by atoms with van der Waals surface area (Å²) in [7, 11) is 0. The molecule has 4 rings (SSSR count). The molecule has 0 spiro atoms. The molecule has 1 fully saturated rings. The van der Waals surface area contributed by atoms with Crippen molar-refractivity contribution in [2.24, 2.45) is 11.8 Å². The molecule has 2 aliphatic rings. The van der Waals surface area contributed by atoms with Gasteiger partial charge in [-0.15, -0.1) is 0 Å². The third-order valence-electron chi connectivity index (χ3n) is 6.80. The van der Waals surface area contributed by atoms with Gasteiger partial charge in [-0.25, -0.2) is 4.98 Å². The number of nitrogens with zero attached hydrogens (tertiary/aromatic N) is 2. The van der Waals surface area contributed by atoms with Gasteiger partial charge in [0.25, 0.3) is 5.56 Å². The Labute approximate surface area is 176 Å². The second kappa shape index (κ2) is 8.58. The van der Waals surface area contributed by atoms with Crippen molar-refractivity contribution in [2.75, 3.05) is 5.32 Å². The number of nitrogens with one attached hydrogen (secondary N) is 2. The molecule has 160 valence electrons. The van der Waals surface area contributed by atoms with Gasteiger partial charge in [0.2, 0.25) is 0 Å². The molecule has 7 heteroatoms. The van der Waals surface area contributed by atoms with E-state index in [1.807, 2.05) is 0 Å². The molecule has 1 aromatic carbocycles. The highest BCUT2D eigenvalue weighted by Crippen LogP contribution is 2.29. The lowest BCUT2D eigenvalue weighted by atomic mass is 9.78. The van der Waals surface area contributed by atoms with Crippen LogP contribution in [0.3, 0.4) is 0 Å². The van der Waals surface area contributed by atoms with E-state index in [1.54, 1.807) is 22.8 Å². The molecule has 30 heavy (non-hydrogen) atoms. The zero-order valence-electron chi connectivity index (χ0n) is 17.7. The fourth-order valence-corrected chi connectivity index (χ4v) is 4.70. The van der Waals surface area contributed by atoms with E-state index in [-0.39, 0.29) is 11.6 Å². The van der Waals surface area contributed by atoms with Crippen molar-refractivity contribution in [3.63, 3.8) is 0 Å². The van der Waals surface area contributed by atoms with Crippen molar-refractivity contribution in [2.45, 2.75) is 71.4 Å². The van der Waals surface area contributed by atoms with E-state index in [0.717, 1.165) is 50.8 Å². The predicted octanol–water partition coefficient (Wildman–Crippen LogP) is 3.00. The Balaban J connectivity index is 1.50. The number of carbonyl (C=O) groups is 2. The topological polar surface area (TPSA) is 93.1 Å². The van der Waals surface area contributed by atoms with E-state index in [0.29, 0.717) is 35.0 Å². The van der Waals surface area contributed by atoms with Crippen LogP contribution < -0.4 is 16.2 Å². The third-order valence-corrected chi connectivity index (χ3v) is 6.80. The van der Waals surface area contributed by atoms with Gasteiger partial charge in [0.1, 0.15) is 5.82 Å². The van der Waals surface area contributed by atoms with Gasteiger partial charge in [0.05, 0.1) is 10.9 Å². The van der Waals surface area contributed by atoms with Crippen LogP contribution in [0.15, 0.2) is 23.0 Å². The number of hydrogen-bond acceptors (Lipinski definition) is 4. The second-order valence-corrected chi connectivity index (χ2v) is 8.83. The van der Waals surface area contributed by atoms with Gasteiger partial charge in [0, 0.05) is 24.7 Å². The first-order valence-corrected chi connectivity index (χ1v) is 11.1. The first-order chi connectivity index (χ1) is 14.4. The minimum absolute atomic E-state index is 0.0212. The highest BCUT2D eigenvalue weighted by molar-refractivity contribution is 6.39. The number of benzene rings is 1. The van der Waals surface area contributed by atoms with E-state index >= 15 is 0 Å². The molecule has 1 saturated carbocycles. The maximum absolute atomic E-state index is 13.0. The average Bonchev–Trinajstić information content (AvgIpc) is 2.97. The molecule has 2 aromatic rings. The Morgan fingerprint density at radius 1 is 1.07 bits per heavy atom. The molecule has 2 amide bonds. The second-order valence-electron chi connectivity index (χ2n) is 8.83. The molecule has 1 aliphatic carbocycles. The van der Waals surface area contributed by atoms with Crippen LogP contribution in [-0.2, 0) is 22.6 Å². The summed E-state index contributed by atoms with van der Waals surface area (Å²) >= 11 is 0. The normalized spacial score (nSPS) is 24.0. The molecular formula is C23H30N4O3. The molecule has 0 bridgehead atoms. The summed E-state index contributed by atoms with van der Waals surface area (Å²) in [5.74, 6) is 0.373. The van der Waals surface area contributed by atoms with Crippen LogP contribution in [0.4, 0.5) is 5.69 Å². The Morgan fingerprint density at radius 2 is 1.90 bits per heavy atom. The summed E-state index contributed by atoms with van der Waals surface area (Å²) < 4.78 is 1.75. The lowest BCUT2D eigenvalue weighted by Crippen LogP contribution is -2.47. The fraction of sp³-hybridized carbons (Fsp3) is 0.565. The number of anilines is 1. The molecular weight excluding hydrogens is 380 g/mol. The lowest BCUT2D eigenvalue weighted by Gasteiger charge is -2.34. The number of amides is 2. The number of carbonyl (C=O) groups excluding carboxylic acids is 2. The van der Waals surface area contributed by atoms with Crippen LogP contribution in [0, 0.1) is 11.8 Å². The van der Waals surface area contributed by atoms with E-state index in [1.165, 1.54) is 0 Å². The van der Waals surface area contributed by atoms with Gasteiger partial charge in [0.15, 0.2) is 0 Å². The van der Waals surface area contributed by atoms with Gasteiger partial charge in [-0.3, -0.25) is 19.0 Å². The lowest BCUT2D eigenvalue weighted by molar-refractivity contribution is -0.137. The van der Waals surface area contributed by atoms with Gasteiger partial charge in [-0.1, -0.05) is 33.1 Å².